The van der Waals surface area contributed by atoms with E-state index < -0.39 is 0 Å². The molecule has 2 heterocycles. The van der Waals surface area contributed by atoms with E-state index in [1.807, 2.05) is 6.07 Å². The number of hydrogen-bond donors (Lipinski definition) is 1. The first-order chi connectivity index (χ1) is 9.12. The Bertz CT molecular complexity index is 419. The maximum Gasteiger partial charge on any atom is 0.123 e. The molecule has 2 aliphatic rings. The monoisotopic (exact) mass is 261 g/mol. The number of nitrogens with one attached hydrogen (secondary N) is 1. The molecule has 1 fully saturated rings. The van der Waals surface area contributed by atoms with Crippen LogP contribution in [0.3, 0.4) is 0 Å². The van der Waals surface area contributed by atoms with E-state index in [1.54, 1.807) is 0 Å². The Labute approximate surface area is 115 Å². The number of ether oxygens (including phenoxy) is 2. The highest BCUT2D eigenvalue weighted by molar-refractivity contribution is 5.37. The molecule has 0 bridgehead atoms. The molecule has 3 heteroatoms. The van der Waals surface area contributed by atoms with Crippen LogP contribution in [0.25, 0.3) is 0 Å². The van der Waals surface area contributed by atoms with E-state index in [0.29, 0.717) is 6.10 Å². The van der Waals surface area contributed by atoms with Gasteiger partial charge in [-0.1, -0.05) is 18.2 Å². The van der Waals surface area contributed by atoms with Crippen molar-refractivity contribution >= 4 is 0 Å². The van der Waals surface area contributed by atoms with Crippen molar-refractivity contribution in [2.75, 3.05) is 13.1 Å². The Morgan fingerprint density at radius 3 is 2.74 bits per heavy atom. The third-order valence-electron chi connectivity index (χ3n) is 4.01. The molecule has 1 aromatic carbocycles. The first-order valence-corrected chi connectivity index (χ1v) is 7.25. The van der Waals surface area contributed by atoms with Gasteiger partial charge in [0.15, 0.2) is 0 Å². The number of hydrogen-bond acceptors (Lipinski definition) is 3. The largest absolute Gasteiger partial charge is 0.488 e. The number of para-hydroxylation sites is 1. The Morgan fingerprint density at radius 1 is 1.21 bits per heavy atom. The molecule has 2 aliphatic heterocycles. The van der Waals surface area contributed by atoms with E-state index in [-0.39, 0.29) is 11.7 Å². The van der Waals surface area contributed by atoms with E-state index >= 15 is 0 Å². The summed E-state index contributed by atoms with van der Waals surface area (Å²) in [4.78, 5) is 0. The predicted octanol–water partition coefficient (Wildman–Crippen LogP) is 2.54. The zero-order valence-electron chi connectivity index (χ0n) is 11.8. The average molecular weight is 261 g/mol. The van der Waals surface area contributed by atoms with Gasteiger partial charge in [-0.15, -0.1) is 0 Å². The van der Waals surface area contributed by atoms with Gasteiger partial charge in [-0.25, -0.2) is 0 Å². The SMILES string of the molecule is CC1(C)CCC(CNCC2Cc3ccccc3O2)O1. The lowest BCUT2D eigenvalue weighted by molar-refractivity contribution is -0.0147. The van der Waals surface area contributed by atoms with Crippen molar-refractivity contribution < 1.29 is 9.47 Å². The van der Waals surface area contributed by atoms with E-state index in [1.165, 1.54) is 5.56 Å². The summed E-state index contributed by atoms with van der Waals surface area (Å²) in [6, 6.07) is 8.31. The highest BCUT2D eigenvalue weighted by atomic mass is 16.5. The summed E-state index contributed by atoms with van der Waals surface area (Å²) in [5.41, 5.74) is 1.39. The fraction of sp³-hybridized carbons (Fsp3) is 0.625. The average Bonchev–Trinajstić information content (AvgIpc) is 2.92. The lowest BCUT2D eigenvalue weighted by Crippen LogP contribution is -2.36. The zero-order valence-corrected chi connectivity index (χ0v) is 11.8. The van der Waals surface area contributed by atoms with Crippen molar-refractivity contribution in [3.63, 3.8) is 0 Å². The van der Waals surface area contributed by atoms with Gasteiger partial charge < -0.3 is 14.8 Å². The van der Waals surface area contributed by atoms with Crippen LogP contribution in [0.5, 0.6) is 5.75 Å². The van der Waals surface area contributed by atoms with Crippen molar-refractivity contribution in [3.05, 3.63) is 29.8 Å². The molecule has 0 spiro atoms. The molecular weight excluding hydrogens is 238 g/mol. The smallest absolute Gasteiger partial charge is 0.123 e. The standard InChI is InChI=1S/C16H23NO2/c1-16(2)8-7-13(19-16)10-17-11-14-9-12-5-3-4-6-15(12)18-14/h3-6,13-14,17H,7-11H2,1-2H3. The normalized spacial score (nSPS) is 28.1. The Morgan fingerprint density at radius 2 is 2.00 bits per heavy atom. The summed E-state index contributed by atoms with van der Waals surface area (Å²) in [6.45, 7) is 6.17. The first kappa shape index (κ1) is 12.9. The van der Waals surface area contributed by atoms with Crippen molar-refractivity contribution in [1.29, 1.82) is 0 Å². The molecule has 1 saturated heterocycles. The summed E-state index contributed by atoms with van der Waals surface area (Å²) >= 11 is 0. The van der Waals surface area contributed by atoms with Gasteiger partial charge in [0.25, 0.3) is 0 Å². The van der Waals surface area contributed by atoms with Crippen LogP contribution in [0.4, 0.5) is 0 Å². The molecule has 0 aromatic heterocycles. The highest BCUT2D eigenvalue weighted by Crippen LogP contribution is 2.29. The van der Waals surface area contributed by atoms with Gasteiger partial charge in [0.05, 0.1) is 11.7 Å². The second-order valence-corrected chi connectivity index (χ2v) is 6.25. The second kappa shape index (κ2) is 5.14. The molecular formula is C16H23NO2. The molecule has 0 aliphatic carbocycles. The van der Waals surface area contributed by atoms with E-state index in [2.05, 4.69) is 37.4 Å². The van der Waals surface area contributed by atoms with Gasteiger partial charge in [-0.2, -0.15) is 0 Å². The summed E-state index contributed by atoms with van der Waals surface area (Å²) in [6.07, 6.45) is 3.96. The molecule has 0 radical (unpaired) electrons. The number of rotatable bonds is 4. The molecule has 2 unspecified atom stereocenters. The lowest BCUT2D eigenvalue weighted by atomic mass is 10.1. The molecule has 1 aromatic rings. The highest BCUT2D eigenvalue weighted by Gasteiger charge is 2.31. The molecule has 104 valence electrons. The maximum atomic E-state index is 5.97. The summed E-state index contributed by atoms with van der Waals surface area (Å²) in [5.74, 6) is 1.05. The van der Waals surface area contributed by atoms with Gasteiger partial charge in [-0.3, -0.25) is 0 Å². The number of fused-ring (bicyclic) bond motifs is 1. The van der Waals surface area contributed by atoms with Crippen LogP contribution in [0.15, 0.2) is 24.3 Å². The third-order valence-corrected chi connectivity index (χ3v) is 4.01. The van der Waals surface area contributed by atoms with Gasteiger partial charge >= 0.3 is 0 Å². The number of benzene rings is 1. The minimum Gasteiger partial charge on any atom is -0.488 e. The fourth-order valence-corrected chi connectivity index (χ4v) is 2.99. The Balaban J connectivity index is 1.41. The predicted molar refractivity (Wildman–Crippen MR) is 75.6 cm³/mol. The lowest BCUT2D eigenvalue weighted by Gasteiger charge is -2.20. The molecule has 3 nitrogen and oxygen atoms in total. The quantitative estimate of drug-likeness (QED) is 0.903. The van der Waals surface area contributed by atoms with Crippen LogP contribution < -0.4 is 10.1 Å². The van der Waals surface area contributed by atoms with Crippen molar-refractivity contribution in [1.82, 2.24) is 5.32 Å². The van der Waals surface area contributed by atoms with Crippen LogP contribution in [-0.2, 0) is 11.2 Å². The van der Waals surface area contributed by atoms with Crippen LogP contribution in [0, 0.1) is 0 Å². The second-order valence-electron chi connectivity index (χ2n) is 6.25. The van der Waals surface area contributed by atoms with Gasteiger partial charge in [0.1, 0.15) is 11.9 Å². The summed E-state index contributed by atoms with van der Waals surface area (Å²) in [5, 5.41) is 3.49. The van der Waals surface area contributed by atoms with Crippen LogP contribution in [0.1, 0.15) is 32.3 Å². The van der Waals surface area contributed by atoms with Gasteiger partial charge in [0.2, 0.25) is 0 Å². The minimum atomic E-state index is 0.0619. The van der Waals surface area contributed by atoms with Crippen molar-refractivity contribution in [3.8, 4) is 5.75 Å². The molecule has 0 saturated carbocycles. The first-order valence-electron chi connectivity index (χ1n) is 7.25. The Kier molecular flexibility index (Phi) is 3.50. The molecule has 3 rings (SSSR count). The van der Waals surface area contributed by atoms with Gasteiger partial charge in [0, 0.05) is 19.5 Å². The van der Waals surface area contributed by atoms with Crippen molar-refractivity contribution in [2.45, 2.75) is 50.9 Å². The summed E-state index contributed by atoms with van der Waals surface area (Å²) in [7, 11) is 0. The Hall–Kier alpha value is -1.06. The maximum absolute atomic E-state index is 5.97. The molecule has 19 heavy (non-hydrogen) atoms. The van der Waals surface area contributed by atoms with Crippen LogP contribution in [-0.4, -0.2) is 30.9 Å². The molecule has 1 N–H and O–H groups in total. The van der Waals surface area contributed by atoms with Gasteiger partial charge in [-0.05, 0) is 38.3 Å². The molecule has 2 atom stereocenters. The zero-order chi connectivity index (χ0) is 13.3. The van der Waals surface area contributed by atoms with Crippen LogP contribution in [0.2, 0.25) is 0 Å². The minimum absolute atomic E-state index is 0.0619. The van der Waals surface area contributed by atoms with E-state index in [9.17, 15) is 0 Å². The third kappa shape index (κ3) is 3.10. The van der Waals surface area contributed by atoms with E-state index in [0.717, 1.165) is 38.1 Å². The van der Waals surface area contributed by atoms with E-state index in [4.69, 9.17) is 9.47 Å². The van der Waals surface area contributed by atoms with Crippen LogP contribution >= 0.6 is 0 Å². The molecule has 0 amide bonds. The van der Waals surface area contributed by atoms with Crippen molar-refractivity contribution in [2.24, 2.45) is 0 Å². The summed E-state index contributed by atoms with van der Waals surface area (Å²) < 4.78 is 11.9. The fourth-order valence-electron chi connectivity index (χ4n) is 2.99. The topological polar surface area (TPSA) is 30.5 Å².